The molecule has 2 aromatic carbocycles. The fraction of sp³-hybridized carbons (Fsp3) is 0.364. The van der Waals surface area contributed by atoms with E-state index in [1.54, 1.807) is 43.4 Å². The van der Waals surface area contributed by atoms with Gasteiger partial charge in [0.1, 0.15) is 0 Å². The van der Waals surface area contributed by atoms with Crippen molar-refractivity contribution in [2.75, 3.05) is 24.3 Å². The monoisotopic (exact) mass is 396 g/mol. The lowest BCUT2D eigenvalue weighted by molar-refractivity contribution is -0.119. The standard InChI is InChI=1S/C22H24N2O5/c1-23-17-8-4-3-7-16(17)21(26)27-14-20(25)24-15-9-10-18-19(13-15)29-22(28-18)11-5-2-6-12-22/h3-4,7-10,13,23H,2,5-6,11-12,14H2,1H3,(H,24,25). The van der Waals surface area contributed by atoms with E-state index < -0.39 is 17.7 Å². The maximum Gasteiger partial charge on any atom is 0.340 e. The van der Waals surface area contributed by atoms with Crippen LogP contribution in [0.3, 0.4) is 0 Å². The van der Waals surface area contributed by atoms with Crippen LogP contribution in [0.2, 0.25) is 0 Å². The Labute approximate surface area is 169 Å². The van der Waals surface area contributed by atoms with Crippen LogP contribution >= 0.6 is 0 Å². The molecule has 0 atom stereocenters. The fourth-order valence-corrected chi connectivity index (χ4v) is 3.75. The molecule has 0 aromatic heterocycles. The number of anilines is 2. The highest BCUT2D eigenvalue weighted by molar-refractivity contribution is 5.98. The van der Waals surface area contributed by atoms with E-state index in [2.05, 4.69) is 10.6 Å². The van der Waals surface area contributed by atoms with Gasteiger partial charge in [0, 0.05) is 37.3 Å². The molecule has 0 radical (unpaired) electrons. The van der Waals surface area contributed by atoms with Crippen molar-refractivity contribution in [1.82, 2.24) is 0 Å². The number of esters is 1. The Morgan fingerprint density at radius 3 is 2.59 bits per heavy atom. The van der Waals surface area contributed by atoms with E-state index in [4.69, 9.17) is 14.2 Å². The van der Waals surface area contributed by atoms with Crippen molar-refractivity contribution in [2.45, 2.75) is 37.9 Å². The van der Waals surface area contributed by atoms with E-state index >= 15 is 0 Å². The highest BCUT2D eigenvalue weighted by Gasteiger charge is 2.42. The zero-order valence-electron chi connectivity index (χ0n) is 16.3. The third kappa shape index (κ3) is 4.13. The summed E-state index contributed by atoms with van der Waals surface area (Å²) in [5.74, 6) is -0.217. The molecule has 1 spiro atoms. The predicted octanol–water partition coefficient (Wildman–Crippen LogP) is 3.96. The molecule has 7 heteroatoms. The topological polar surface area (TPSA) is 85.9 Å². The third-order valence-electron chi connectivity index (χ3n) is 5.19. The molecule has 2 aliphatic rings. The summed E-state index contributed by atoms with van der Waals surface area (Å²) in [5.41, 5.74) is 1.59. The summed E-state index contributed by atoms with van der Waals surface area (Å²) >= 11 is 0. The van der Waals surface area contributed by atoms with Crippen molar-refractivity contribution < 1.29 is 23.8 Å². The van der Waals surface area contributed by atoms with Crippen molar-refractivity contribution in [3.63, 3.8) is 0 Å². The number of nitrogens with one attached hydrogen (secondary N) is 2. The zero-order chi connectivity index (χ0) is 20.3. The Hall–Kier alpha value is -3.22. The molecule has 7 nitrogen and oxygen atoms in total. The lowest BCUT2D eigenvalue weighted by Crippen LogP contribution is -2.40. The molecule has 29 heavy (non-hydrogen) atoms. The van der Waals surface area contributed by atoms with Crippen LogP contribution < -0.4 is 20.1 Å². The van der Waals surface area contributed by atoms with E-state index in [1.807, 2.05) is 6.07 Å². The fourth-order valence-electron chi connectivity index (χ4n) is 3.75. The molecule has 2 aromatic rings. The minimum absolute atomic E-state index is 0.378. The number of carbonyl (C=O) groups excluding carboxylic acids is 2. The number of rotatable bonds is 5. The van der Waals surface area contributed by atoms with Crippen LogP contribution in [0.5, 0.6) is 11.5 Å². The van der Waals surface area contributed by atoms with Gasteiger partial charge in [-0.15, -0.1) is 0 Å². The van der Waals surface area contributed by atoms with Gasteiger partial charge in [-0.1, -0.05) is 18.6 Å². The van der Waals surface area contributed by atoms with Gasteiger partial charge in [0.2, 0.25) is 0 Å². The van der Waals surface area contributed by atoms with Crippen LogP contribution in [-0.4, -0.2) is 31.3 Å². The van der Waals surface area contributed by atoms with Gasteiger partial charge in [0.05, 0.1) is 5.56 Å². The predicted molar refractivity (Wildman–Crippen MR) is 108 cm³/mol. The van der Waals surface area contributed by atoms with Crippen LogP contribution in [0.25, 0.3) is 0 Å². The molecule has 152 valence electrons. The smallest absolute Gasteiger partial charge is 0.340 e. The van der Waals surface area contributed by atoms with E-state index in [1.165, 1.54) is 6.42 Å². The van der Waals surface area contributed by atoms with E-state index in [9.17, 15) is 9.59 Å². The molecule has 0 bridgehead atoms. The summed E-state index contributed by atoms with van der Waals surface area (Å²) in [7, 11) is 1.72. The van der Waals surface area contributed by atoms with Crippen LogP contribution in [0.4, 0.5) is 11.4 Å². The Bertz CT molecular complexity index is 921. The number of carbonyl (C=O) groups is 2. The van der Waals surface area contributed by atoms with E-state index in [0.717, 1.165) is 25.7 Å². The van der Waals surface area contributed by atoms with Crippen molar-refractivity contribution in [1.29, 1.82) is 0 Å². The first-order valence-electron chi connectivity index (χ1n) is 9.84. The van der Waals surface area contributed by atoms with E-state index in [0.29, 0.717) is 28.4 Å². The summed E-state index contributed by atoms with van der Waals surface area (Å²) in [4.78, 5) is 24.4. The maximum absolute atomic E-state index is 12.2. The molecule has 1 aliphatic heterocycles. The summed E-state index contributed by atoms with van der Waals surface area (Å²) in [6.07, 6.45) is 5.10. The SMILES string of the molecule is CNc1ccccc1C(=O)OCC(=O)Nc1ccc2c(c1)OC1(CCCCC1)O2. The van der Waals surface area contributed by atoms with Gasteiger partial charge in [0.15, 0.2) is 18.1 Å². The quantitative estimate of drug-likeness (QED) is 0.744. The van der Waals surface area contributed by atoms with Gasteiger partial charge >= 0.3 is 5.97 Å². The first-order chi connectivity index (χ1) is 14.1. The molecule has 0 unspecified atom stereocenters. The summed E-state index contributed by atoms with van der Waals surface area (Å²) in [6, 6.07) is 12.3. The second-order valence-corrected chi connectivity index (χ2v) is 7.26. The Morgan fingerprint density at radius 2 is 1.79 bits per heavy atom. The third-order valence-corrected chi connectivity index (χ3v) is 5.19. The van der Waals surface area contributed by atoms with Gasteiger partial charge in [-0.05, 0) is 37.1 Å². The Kier molecular flexibility index (Phi) is 5.29. The minimum Gasteiger partial charge on any atom is -0.452 e. The van der Waals surface area contributed by atoms with Crippen molar-refractivity contribution >= 4 is 23.3 Å². The average Bonchev–Trinajstić information content (AvgIpc) is 3.08. The van der Waals surface area contributed by atoms with Crippen LogP contribution in [0, 0.1) is 0 Å². The molecule has 1 heterocycles. The van der Waals surface area contributed by atoms with Crippen molar-refractivity contribution in [3.05, 3.63) is 48.0 Å². The molecule has 2 N–H and O–H groups in total. The number of hydrogen-bond acceptors (Lipinski definition) is 6. The number of hydrogen-bond donors (Lipinski definition) is 2. The van der Waals surface area contributed by atoms with Crippen molar-refractivity contribution in [2.24, 2.45) is 0 Å². The highest BCUT2D eigenvalue weighted by Crippen LogP contribution is 2.46. The molecule has 1 amide bonds. The number of amides is 1. The molecular formula is C22H24N2O5. The molecule has 1 aliphatic carbocycles. The Morgan fingerprint density at radius 1 is 1.03 bits per heavy atom. The molecular weight excluding hydrogens is 372 g/mol. The van der Waals surface area contributed by atoms with Crippen molar-refractivity contribution in [3.8, 4) is 11.5 Å². The van der Waals surface area contributed by atoms with Crippen LogP contribution in [-0.2, 0) is 9.53 Å². The lowest BCUT2D eigenvalue weighted by atomic mass is 9.94. The number of para-hydroxylation sites is 1. The highest BCUT2D eigenvalue weighted by atomic mass is 16.7. The van der Waals surface area contributed by atoms with Gasteiger partial charge in [-0.25, -0.2) is 4.79 Å². The van der Waals surface area contributed by atoms with Gasteiger partial charge in [-0.2, -0.15) is 0 Å². The van der Waals surface area contributed by atoms with Crippen LogP contribution in [0.1, 0.15) is 42.5 Å². The molecule has 1 fully saturated rings. The molecule has 1 saturated carbocycles. The summed E-state index contributed by atoms with van der Waals surface area (Å²) < 4.78 is 17.2. The average molecular weight is 396 g/mol. The van der Waals surface area contributed by atoms with Crippen LogP contribution in [0.15, 0.2) is 42.5 Å². The molecule has 0 saturated heterocycles. The normalized spacial score (nSPS) is 16.3. The summed E-state index contributed by atoms with van der Waals surface area (Å²) in [6.45, 7) is -0.380. The largest absolute Gasteiger partial charge is 0.452 e. The maximum atomic E-state index is 12.2. The second kappa shape index (κ2) is 8.03. The second-order valence-electron chi connectivity index (χ2n) is 7.26. The summed E-state index contributed by atoms with van der Waals surface area (Å²) in [5, 5.41) is 5.66. The number of ether oxygens (including phenoxy) is 3. The molecule has 4 rings (SSSR count). The Balaban J connectivity index is 1.34. The first-order valence-corrected chi connectivity index (χ1v) is 9.84. The van der Waals surface area contributed by atoms with Gasteiger partial charge in [-0.3, -0.25) is 4.79 Å². The van der Waals surface area contributed by atoms with E-state index in [-0.39, 0.29) is 6.61 Å². The lowest BCUT2D eigenvalue weighted by Gasteiger charge is -2.31. The number of fused-ring (bicyclic) bond motifs is 1. The number of benzene rings is 2. The minimum atomic E-state index is -0.560. The van der Waals surface area contributed by atoms with Gasteiger partial charge < -0.3 is 24.8 Å². The zero-order valence-corrected chi connectivity index (χ0v) is 16.3. The first kappa shape index (κ1) is 19.1. The van der Waals surface area contributed by atoms with Gasteiger partial charge in [0.25, 0.3) is 11.7 Å².